The first-order valence-corrected chi connectivity index (χ1v) is 9.84. The number of urea groups is 1. The molecule has 0 saturated carbocycles. The second-order valence-corrected chi connectivity index (χ2v) is 7.44. The average molecular weight is 443 g/mol. The summed E-state index contributed by atoms with van der Waals surface area (Å²) in [6, 6.07) is 8.22. The summed E-state index contributed by atoms with van der Waals surface area (Å²) >= 11 is 0. The van der Waals surface area contributed by atoms with Crippen molar-refractivity contribution < 1.29 is 18.0 Å². The van der Waals surface area contributed by atoms with Crippen LogP contribution >= 0.6 is 0 Å². The van der Waals surface area contributed by atoms with Crippen LogP contribution in [0.15, 0.2) is 60.2 Å². The number of nitrogens with one attached hydrogen (secondary N) is 1. The minimum Gasteiger partial charge on any atom is -0.330 e. The van der Waals surface area contributed by atoms with Crippen molar-refractivity contribution in [2.75, 3.05) is 6.54 Å². The van der Waals surface area contributed by atoms with Gasteiger partial charge >= 0.3 is 12.2 Å². The summed E-state index contributed by atoms with van der Waals surface area (Å²) in [4.78, 5) is 19.5. The van der Waals surface area contributed by atoms with Gasteiger partial charge in [0.05, 0.1) is 18.3 Å². The van der Waals surface area contributed by atoms with Gasteiger partial charge < -0.3 is 5.32 Å². The lowest BCUT2D eigenvalue weighted by molar-refractivity contribution is -0.145. The molecule has 8 nitrogen and oxygen atoms in total. The van der Waals surface area contributed by atoms with E-state index in [4.69, 9.17) is 0 Å². The molecule has 3 heterocycles. The number of hydrogen-bond donors (Lipinski definition) is 1. The Bertz CT molecular complexity index is 1110. The third kappa shape index (κ3) is 4.46. The standard InChI is InChI=1S/C21H20F3N7O/c1-13-4-6-15(7-5-13)18-17(30-9-3-8-27-30)12-31(29-18)20(32)28-14(2)16-10-25-19(26-11-16)21(22,23)24/h3-11,14,17H,12H2,1-2H3,(H,28,32)/t14-,17+/m1/s1. The Labute approximate surface area is 181 Å². The van der Waals surface area contributed by atoms with E-state index < -0.39 is 24.1 Å². The molecule has 0 bridgehead atoms. The Morgan fingerprint density at radius 3 is 2.47 bits per heavy atom. The second kappa shape index (κ2) is 8.40. The van der Waals surface area contributed by atoms with Crippen LogP contribution in [0.4, 0.5) is 18.0 Å². The van der Waals surface area contributed by atoms with Crippen molar-refractivity contribution in [1.29, 1.82) is 0 Å². The van der Waals surface area contributed by atoms with Crippen LogP contribution in [0.2, 0.25) is 0 Å². The number of rotatable bonds is 4. The molecule has 1 N–H and O–H groups in total. The van der Waals surface area contributed by atoms with Gasteiger partial charge in [0.25, 0.3) is 0 Å². The molecule has 2 aromatic heterocycles. The topological polar surface area (TPSA) is 88.3 Å². The number of amides is 2. The van der Waals surface area contributed by atoms with Gasteiger partial charge in [-0.15, -0.1) is 0 Å². The molecule has 0 aliphatic carbocycles. The zero-order chi connectivity index (χ0) is 22.9. The van der Waals surface area contributed by atoms with Crippen LogP contribution in [0.3, 0.4) is 0 Å². The fourth-order valence-electron chi connectivity index (χ4n) is 3.32. The smallest absolute Gasteiger partial charge is 0.330 e. The Morgan fingerprint density at radius 1 is 1.19 bits per heavy atom. The van der Waals surface area contributed by atoms with Crippen molar-refractivity contribution in [1.82, 2.24) is 30.1 Å². The molecule has 1 aromatic carbocycles. The number of carbonyl (C=O) groups excluding carboxylic acids is 1. The third-order valence-corrected chi connectivity index (χ3v) is 5.08. The highest BCUT2D eigenvalue weighted by atomic mass is 19.4. The van der Waals surface area contributed by atoms with Crippen LogP contribution in [-0.4, -0.2) is 43.0 Å². The first kappa shape index (κ1) is 21.5. The molecule has 11 heteroatoms. The van der Waals surface area contributed by atoms with Gasteiger partial charge in [-0.05, 0) is 19.9 Å². The molecule has 0 saturated heterocycles. The van der Waals surface area contributed by atoms with Gasteiger partial charge in [0.15, 0.2) is 0 Å². The molecule has 2 atom stereocenters. The average Bonchev–Trinajstić information content (AvgIpc) is 3.44. The van der Waals surface area contributed by atoms with E-state index in [1.54, 1.807) is 30.1 Å². The number of aryl methyl sites for hydroxylation is 1. The summed E-state index contributed by atoms with van der Waals surface area (Å²) in [7, 11) is 0. The van der Waals surface area contributed by atoms with Crippen molar-refractivity contribution >= 4 is 11.7 Å². The number of nitrogens with zero attached hydrogens (tertiary/aromatic N) is 6. The Balaban J connectivity index is 1.52. The highest BCUT2D eigenvalue weighted by Gasteiger charge is 2.35. The lowest BCUT2D eigenvalue weighted by Crippen LogP contribution is -2.38. The van der Waals surface area contributed by atoms with E-state index in [-0.39, 0.29) is 12.6 Å². The maximum absolute atomic E-state index is 12.9. The highest BCUT2D eigenvalue weighted by Crippen LogP contribution is 2.27. The molecule has 0 unspecified atom stereocenters. The van der Waals surface area contributed by atoms with E-state index >= 15 is 0 Å². The number of benzene rings is 1. The van der Waals surface area contributed by atoms with Crippen LogP contribution in [0.1, 0.15) is 41.5 Å². The van der Waals surface area contributed by atoms with E-state index in [2.05, 4.69) is 25.5 Å². The molecule has 3 aromatic rings. The van der Waals surface area contributed by atoms with Crippen LogP contribution in [0, 0.1) is 6.92 Å². The van der Waals surface area contributed by atoms with Gasteiger partial charge in [-0.1, -0.05) is 29.8 Å². The summed E-state index contributed by atoms with van der Waals surface area (Å²) in [5.74, 6) is -1.23. The summed E-state index contributed by atoms with van der Waals surface area (Å²) < 4.78 is 39.7. The van der Waals surface area contributed by atoms with Crippen LogP contribution in [0.25, 0.3) is 0 Å². The predicted octanol–water partition coefficient (Wildman–Crippen LogP) is 3.73. The minimum absolute atomic E-state index is 0.257. The molecule has 0 radical (unpaired) electrons. The monoisotopic (exact) mass is 443 g/mol. The first-order chi connectivity index (χ1) is 15.2. The second-order valence-electron chi connectivity index (χ2n) is 7.44. The molecule has 2 amide bonds. The van der Waals surface area contributed by atoms with E-state index in [0.717, 1.165) is 23.5 Å². The molecule has 4 rings (SSSR count). The lowest BCUT2D eigenvalue weighted by atomic mass is 10.0. The molecule has 0 fully saturated rings. The zero-order valence-electron chi connectivity index (χ0n) is 17.3. The largest absolute Gasteiger partial charge is 0.451 e. The molecular weight excluding hydrogens is 423 g/mol. The maximum Gasteiger partial charge on any atom is 0.451 e. The van der Waals surface area contributed by atoms with Gasteiger partial charge in [0.1, 0.15) is 6.04 Å². The SMILES string of the molecule is Cc1ccc(C2=NN(C(=O)N[C@H](C)c3cnc(C(F)(F)F)nc3)C[C@@H]2n2cccn2)cc1. The summed E-state index contributed by atoms with van der Waals surface area (Å²) in [5, 5.41) is 12.8. The molecular formula is C21H20F3N7O. The van der Waals surface area contributed by atoms with Crippen molar-refractivity contribution in [2.45, 2.75) is 32.1 Å². The number of alkyl halides is 3. The van der Waals surface area contributed by atoms with Gasteiger partial charge in [0.2, 0.25) is 5.82 Å². The Kier molecular flexibility index (Phi) is 5.64. The quantitative estimate of drug-likeness (QED) is 0.666. The van der Waals surface area contributed by atoms with E-state index in [1.807, 2.05) is 31.2 Å². The number of hydrazone groups is 1. The minimum atomic E-state index is -4.62. The van der Waals surface area contributed by atoms with E-state index in [1.165, 1.54) is 5.01 Å². The lowest BCUT2D eigenvalue weighted by Gasteiger charge is -2.19. The fourth-order valence-corrected chi connectivity index (χ4v) is 3.32. The summed E-state index contributed by atoms with van der Waals surface area (Å²) in [6.07, 6.45) is 0.944. The van der Waals surface area contributed by atoms with Crippen LogP contribution < -0.4 is 5.32 Å². The number of halogens is 3. The summed E-state index contributed by atoms with van der Waals surface area (Å²) in [6.45, 7) is 3.87. The molecule has 1 aliphatic rings. The maximum atomic E-state index is 12.9. The van der Waals surface area contributed by atoms with E-state index in [9.17, 15) is 18.0 Å². The van der Waals surface area contributed by atoms with Gasteiger partial charge in [-0.25, -0.2) is 19.8 Å². The van der Waals surface area contributed by atoms with Gasteiger partial charge in [0, 0.05) is 35.9 Å². The highest BCUT2D eigenvalue weighted by molar-refractivity contribution is 6.05. The van der Waals surface area contributed by atoms with Crippen molar-refractivity contribution in [3.63, 3.8) is 0 Å². The predicted molar refractivity (Wildman–Crippen MR) is 110 cm³/mol. The molecule has 0 spiro atoms. The third-order valence-electron chi connectivity index (χ3n) is 5.08. The Morgan fingerprint density at radius 2 is 1.88 bits per heavy atom. The first-order valence-electron chi connectivity index (χ1n) is 9.84. The molecule has 1 aliphatic heterocycles. The summed E-state index contributed by atoms with van der Waals surface area (Å²) in [5.41, 5.74) is 3.01. The fraction of sp³-hybridized carbons (Fsp3) is 0.286. The molecule has 32 heavy (non-hydrogen) atoms. The van der Waals surface area contributed by atoms with Gasteiger partial charge in [-0.3, -0.25) is 4.68 Å². The van der Waals surface area contributed by atoms with Gasteiger partial charge in [-0.2, -0.15) is 23.4 Å². The number of hydrogen-bond acceptors (Lipinski definition) is 5. The molecule has 166 valence electrons. The van der Waals surface area contributed by atoms with Crippen molar-refractivity contribution in [3.8, 4) is 0 Å². The van der Waals surface area contributed by atoms with Crippen molar-refractivity contribution in [2.24, 2.45) is 5.10 Å². The number of aromatic nitrogens is 4. The van der Waals surface area contributed by atoms with Crippen LogP contribution in [-0.2, 0) is 6.18 Å². The normalized spacial score (nSPS) is 17.2. The van der Waals surface area contributed by atoms with Crippen LogP contribution in [0.5, 0.6) is 0 Å². The van der Waals surface area contributed by atoms with E-state index in [0.29, 0.717) is 11.3 Å². The number of carbonyl (C=O) groups is 1. The van der Waals surface area contributed by atoms with Crippen molar-refractivity contribution in [3.05, 3.63) is 77.6 Å². The Hall–Kier alpha value is -3.76. The zero-order valence-corrected chi connectivity index (χ0v) is 17.3.